The summed E-state index contributed by atoms with van der Waals surface area (Å²) in [7, 11) is -4.18. The first kappa shape index (κ1) is 20.0. The van der Waals surface area contributed by atoms with E-state index in [1.807, 2.05) is 0 Å². The highest BCUT2D eigenvalue weighted by Crippen LogP contribution is 2.31. The lowest BCUT2D eigenvalue weighted by atomic mass is 10.2. The molecule has 0 aliphatic carbocycles. The lowest BCUT2D eigenvalue weighted by molar-refractivity contribution is -0.122. The van der Waals surface area contributed by atoms with Crippen molar-refractivity contribution in [1.82, 2.24) is 4.90 Å². The minimum Gasteiger partial charge on any atom is -0.457 e. The predicted molar refractivity (Wildman–Crippen MR) is 107 cm³/mol. The minimum atomic E-state index is -4.18. The fourth-order valence-electron chi connectivity index (χ4n) is 2.57. The van der Waals surface area contributed by atoms with Crippen molar-refractivity contribution >= 4 is 62.5 Å². The van der Waals surface area contributed by atoms with Gasteiger partial charge in [0.1, 0.15) is 11.5 Å². The van der Waals surface area contributed by atoms with E-state index in [2.05, 4.69) is 0 Å². The third-order valence-corrected chi connectivity index (χ3v) is 5.69. The van der Waals surface area contributed by atoms with Crippen molar-refractivity contribution in [1.29, 1.82) is 0 Å². The average Bonchev–Trinajstić information content (AvgIpc) is 3.13. The van der Waals surface area contributed by atoms with Crippen LogP contribution in [0.25, 0.3) is 17.4 Å². The van der Waals surface area contributed by atoms with E-state index in [1.54, 1.807) is 36.4 Å². The minimum absolute atomic E-state index is 0.194. The standard InChI is InChI=1S/C17H13Cl2NO5S2/c18-13-3-1-10(8-14(13)19)15-4-2-12(25-15)7-11-9-16(26)20(17(11)21)5-6-27(22,23)24/h1-4,7-8H,5-6,9H2,(H,22,23,24)/b11-7-. The Balaban J connectivity index is 1.79. The van der Waals surface area contributed by atoms with E-state index in [-0.39, 0.29) is 13.0 Å². The molecule has 1 amide bonds. The highest BCUT2D eigenvalue weighted by molar-refractivity contribution is 7.85. The Morgan fingerprint density at radius 3 is 2.63 bits per heavy atom. The molecule has 27 heavy (non-hydrogen) atoms. The summed E-state index contributed by atoms with van der Waals surface area (Å²) in [6, 6.07) is 8.52. The van der Waals surface area contributed by atoms with Crippen molar-refractivity contribution in [3.8, 4) is 11.3 Å². The molecule has 0 radical (unpaired) electrons. The Morgan fingerprint density at radius 1 is 1.22 bits per heavy atom. The number of carbonyl (C=O) groups excluding carboxylic acids is 1. The monoisotopic (exact) mass is 445 g/mol. The summed E-state index contributed by atoms with van der Waals surface area (Å²) >= 11 is 17.1. The molecule has 2 heterocycles. The van der Waals surface area contributed by atoms with Crippen LogP contribution in [-0.4, -0.2) is 41.1 Å². The van der Waals surface area contributed by atoms with Gasteiger partial charge in [0.05, 0.1) is 20.8 Å². The van der Waals surface area contributed by atoms with Gasteiger partial charge in [-0.15, -0.1) is 0 Å². The average molecular weight is 446 g/mol. The number of halogens is 2. The van der Waals surface area contributed by atoms with Gasteiger partial charge in [-0.3, -0.25) is 9.35 Å². The highest BCUT2D eigenvalue weighted by Gasteiger charge is 2.31. The molecule has 1 aliphatic heterocycles. The van der Waals surface area contributed by atoms with Crippen LogP contribution in [0.3, 0.4) is 0 Å². The molecular formula is C17H13Cl2NO5S2. The summed E-state index contributed by atoms with van der Waals surface area (Å²) in [6.45, 7) is -0.194. The maximum Gasteiger partial charge on any atom is 0.266 e. The molecule has 0 spiro atoms. The zero-order valence-corrected chi connectivity index (χ0v) is 16.8. The van der Waals surface area contributed by atoms with Crippen LogP contribution in [0.1, 0.15) is 12.2 Å². The SMILES string of the molecule is O=C1/C(=C\c2ccc(-c3ccc(Cl)c(Cl)c3)o2)CC(=S)N1CCS(=O)(=O)O. The molecule has 0 bridgehead atoms. The smallest absolute Gasteiger partial charge is 0.266 e. The number of rotatable bonds is 5. The maximum atomic E-state index is 12.4. The van der Waals surface area contributed by atoms with Gasteiger partial charge in [0.15, 0.2) is 0 Å². The second-order valence-corrected chi connectivity index (χ2v) is 8.67. The van der Waals surface area contributed by atoms with Gasteiger partial charge in [0.25, 0.3) is 16.0 Å². The van der Waals surface area contributed by atoms with Crippen LogP contribution in [0.5, 0.6) is 0 Å². The van der Waals surface area contributed by atoms with Crippen LogP contribution >= 0.6 is 35.4 Å². The van der Waals surface area contributed by atoms with Crippen molar-refractivity contribution in [2.45, 2.75) is 6.42 Å². The number of likely N-dealkylation sites (tertiary alicyclic amines) is 1. The van der Waals surface area contributed by atoms with Gasteiger partial charge in [0.2, 0.25) is 0 Å². The number of furan rings is 1. The molecular weight excluding hydrogens is 433 g/mol. The second-order valence-electron chi connectivity index (χ2n) is 5.81. The maximum absolute atomic E-state index is 12.4. The normalized spacial score (nSPS) is 16.6. The van der Waals surface area contributed by atoms with Crippen LogP contribution in [0.4, 0.5) is 0 Å². The molecule has 1 aliphatic rings. The Kier molecular flexibility index (Phi) is 5.73. The van der Waals surface area contributed by atoms with E-state index in [1.165, 1.54) is 0 Å². The summed E-state index contributed by atoms with van der Waals surface area (Å²) in [6.07, 6.45) is 1.76. The van der Waals surface area contributed by atoms with Crippen molar-refractivity contribution in [3.63, 3.8) is 0 Å². The van der Waals surface area contributed by atoms with Gasteiger partial charge in [0, 0.05) is 24.1 Å². The number of hydrogen-bond acceptors (Lipinski definition) is 5. The molecule has 1 aromatic carbocycles. The van der Waals surface area contributed by atoms with Crippen LogP contribution in [0.15, 0.2) is 40.3 Å². The van der Waals surface area contributed by atoms with E-state index >= 15 is 0 Å². The molecule has 1 aromatic heterocycles. The number of amides is 1. The molecule has 0 atom stereocenters. The van der Waals surface area contributed by atoms with Crippen molar-refractivity contribution in [2.24, 2.45) is 0 Å². The lowest BCUT2D eigenvalue weighted by Crippen LogP contribution is -2.33. The van der Waals surface area contributed by atoms with Crippen LogP contribution < -0.4 is 0 Å². The molecule has 10 heteroatoms. The van der Waals surface area contributed by atoms with E-state index in [9.17, 15) is 13.2 Å². The molecule has 0 saturated carbocycles. The van der Waals surface area contributed by atoms with Crippen LogP contribution in [-0.2, 0) is 14.9 Å². The van der Waals surface area contributed by atoms with Crippen LogP contribution in [0, 0.1) is 0 Å². The number of benzene rings is 1. The second kappa shape index (κ2) is 7.73. The first-order chi connectivity index (χ1) is 12.6. The third-order valence-electron chi connectivity index (χ3n) is 3.88. The molecule has 1 fully saturated rings. The quantitative estimate of drug-likeness (QED) is 0.423. The first-order valence-corrected chi connectivity index (χ1v) is 10.5. The van der Waals surface area contributed by atoms with E-state index < -0.39 is 21.8 Å². The predicted octanol–water partition coefficient (Wildman–Crippen LogP) is 4.08. The number of thiocarbonyl (C=S) groups is 1. The van der Waals surface area contributed by atoms with Crippen molar-refractivity contribution in [3.05, 3.63) is 51.7 Å². The van der Waals surface area contributed by atoms with Crippen LogP contribution in [0.2, 0.25) is 10.0 Å². The Bertz CT molecular complexity index is 1060. The van der Waals surface area contributed by atoms with Crippen molar-refractivity contribution < 1.29 is 22.2 Å². The molecule has 0 unspecified atom stereocenters. The van der Waals surface area contributed by atoms with Gasteiger partial charge < -0.3 is 9.32 Å². The Morgan fingerprint density at radius 2 is 1.96 bits per heavy atom. The summed E-state index contributed by atoms with van der Waals surface area (Å²) in [4.78, 5) is 13.9. The molecule has 1 N–H and O–H groups in total. The molecule has 3 rings (SSSR count). The van der Waals surface area contributed by atoms with Gasteiger partial charge in [-0.05, 0) is 36.4 Å². The van der Waals surface area contributed by atoms with E-state index in [0.29, 0.717) is 32.1 Å². The fraction of sp³-hybridized carbons (Fsp3) is 0.176. The summed E-state index contributed by atoms with van der Waals surface area (Å²) < 4.78 is 36.3. The largest absolute Gasteiger partial charge is 0.457 e. The fourth-order valence-corrected chi connectivity index (χ4v) is 3.61. The molecule has 6 nitrogen and oxygen atoms in total. The summed E-state index contributed by atoms with van der Waals surface area (Å²) in [5.41, 5.74) is 1.11. The molecule has 142 valence electrons. The Labute approximate surface area is 171 Å². The number of hydrogen-bond donors (Lipinski definition) is 1. The lowest BCUT2D eigenvalue weighted by Gasteiger charge is -2.13. The zero-order valence-electron chi connectivity index (χ0n) is 13.7. The molecule has 1 saturated heterocycles. The number of nitrogens with zero attached hydrogens (tertiary/aromatic N) is 1. The number of carbonyl (C=O) groups is 1. The van der Waals surface area contributed by atoms with Gasteiger partial charge >= 0.3 is 0 Å². The molecule has 2 aromatic rings. The zero-order chi connectivity index (χ0) is 19.8. The van der Waals surface area contributed by atoms with Crippen molar-refractivity contribution in [2.75, 3.05) is 12.3 Å². The summed E-state index contributed by atoms with van der Waals surface area (Å²) in [5, 5.41) is 0.834. The van der Waals surface area contributed by atoms with E-state index in [0.717, 1.165) is 10.5 Å². The van der Waals surface area contributed by atoms with E-state index in [4.69, 9.17) is 44.4 Å². The van der Waals surface area contributed by atoms with Gasteiger partial charge in [-0.25, -0.2) is 0 Å². The van der Waals surface area contributed by atoms with Gasteiger partial charge in [-0.2, -0.15) is 8.42 Å². The Hall–Kier alpha value is -1.71. The topological polar surface area (TPSA) is 87.8 Å². The van der Waals surface area contributed by atoms with Gasteiger partial charge in [-0.1, -0.05) is 35.4 Å². The summed E-state index contributed by atoms with van der Waals surface area (Å²) in [5.74, 6) is 0.0145. The third kappa shape index (κ3) is 4.77. The first-order valence-electron chi connectivity index (χ1n) is 7.70. The highest BCUT2D eigenvalue weighted by atomic mass is 35.5.